The molecule has 1 amide bonds. The lowest BCUT2D eigenvalue weighted by molar-refractivity contribution is 0.136. The topological polar surface area (TPSA) is 64.3 Å². The normalized spacial score (nSPS) is 18.9. The van der Waals surface area contributed by atoms with Gasteiger partial charge in [0.2, 0.25) is 0 Å². The van der Waals surface area contributed by atoms with Crippen molar-refractivity contribution in [1.82, 2.24) is 5.32 Å². The molecule has 1 rings (SSSR count). The summed E-state index contributed by atoms with van der Waals surface area (Å²) in [4.78, 5) is 11.1. The van der Waals surface area contributed by atoms with Crippen LogP contribution in [0.4, 0.5) is 4.79 Å². The highest BCUT2D eigenvalue weighted by atomic mass is 16.5. The minimum absolute atomic E-state index is 0.104. The number of carbonyl (C=O) groups excluding carboxylic acids is 1. The van der Waals surface area contributed by atoms with Gasteiger partial charge in [0.1, 0.15) is 0 Å². The van der Waals surface area contributed by atoms with Gasteiger partial charge in [0.25, 0.3) is 0 Å². The van der Waals surface area contributed by atoms with Gasteiger partial charge in [0.15, 0.2) is 0 Å². The SMILES string of the molecule is CCOC(=O)NC(CN)C1CCC1. The van der Waals surface area contributed by atoms with E-state index in [1.54, 1.807) is 6.92 Å². The summed E-state index contributed by atoms with van der Waals surface area (Å²) in [5, 5.41) is 2.78. The van der Waals surface area contributed by atoms with Gasteiger partial charge in [0.05, 0.1) is 6.61 Å². The van der Waals surface area contributed by atoms with E-state index in [1.807, 2.05) is 0 Å². The fourth-order valence-electron chi connectivity index (χ4n) is 1.54. The van der Waals surface area contributed by atoms with Crippen LogP contribution < -0.4 is 11.1 Å². The highest BCUT2D eigenvalue weighted by molar-refractivity contribution is 5.67. The summed E-state index contributed by atoms with van der Waals surface area (Å²) in [6.07, 6.45) is 3.26. The van der Waals surface area contributed by atoms with E-state index in [0.717, 1.165) is 0 Å². The Hall–Kier alpha value is -0.770. The molecule has 1 fully saturated rings. The number of hydrogen-bond donors (Lipinski definition) is 2. The third kappa shape index (κ3) is 2.88. The summed E-state index contributed by atoms with van der Waals surface area (Å²) in [6.45, 7) is 2.71. The lowest BCUT2D eigenvalue weighted by Crippen LogP contribution is -2.47. The van der Waals surface area contributed by atoms with Crippen molar-refractivity contribution in [3.8, 4) is 0 Å². The highest BCUT2D eigenvalue weighted by Gasteiger charge is 2.27. The van der Waals surface area contributed by atoms with E-state index in [2.05, 4.69) is 5.32 Å². The van der Waals surface area contributed by atoms with Crippen LogP contribution >= 0.6 is 0 Å². The molecule has 1 aliphatic rings. The zero-order valence-electron chi connectivity index (χ0n) is 8.08. The van der Waals surface area contributed by atoms with E-state index in [4.69, 9.17) is 10.5 Å². The van der Waals surface area contributed by atoms with Crippen molar-refractivity contribution in [2.75, 3.05) is 13.2 Å². The third-order valence-corrected chi connectivity index (χ3v) is 2.55. The van der Waals surface area contributed by atoms with E-state index >= 15 is 0 Å². The molecule has 4 nitrogen and oxygen atoms in total. The number of rotatable bonds is 4. The van der Waals surface area contributed by atoms with Gasteiger partial charge in [-0.25, -0.2) is 4.79 Å². The van der Waals surface area contributed by atoms with E-state index in [0.29, 0.717) is 19.1 Å². The zero-order valence-corrected chi connectivity index (χ0v) is 8.08. The molecule has 76 valence electrons. The Morgan fingerprint density at radius 3 is 2.77 bits per heavy atom. The average molecular weight is 186 g/mol. The van der Waals surface area contributed by atoms with Crippen molar-refractivity contribution in [2.24, 2.45) is 11.7 Å². The number of amides is 1. The Morgan fingerprint density at radius 1 is 1.69 bits per heavy atom. The molecule has 0 aromatic carbocycles. The number of ether oxygens (including phenoxy) is 1. The second-order valence-electron chi connectivity index (χ2n) is 3.40. The molecule has 13 heavy (non-hydrogen) atoms. The molecule has 0 aromatic heterocycles. The molecule has 3 N–H and O–H groups in total. The second-order valence-corrected chi connectivity index (χ2v) is 3.40. The quantitative estimate of drug-likeness (QED) is 0.684. The Balaban J connectivity index is 2.25. The summed E-state index contributed by atoms with van der Waals surface area (Å²) in [6, 6.07) is 0.104. The maximum atomic E-state index is 11.1. The zero-order chi connectivity index (χ0) is 9.68. The number of nitrogens with one attached hydrogen (secondary N) is 1. The van der Waals surface area contributed by atoms with Gasteiger partial charge in [-0.05, 0) is 25.7 Å². The monoisotopic (exact) mass is 186 g/mol. The van der Waals surface area contributed by atoms with Crippen molar-refractivity contribution in [3.05, 3.63) is 0 Å². The first-order valence-electron chi connectivity index (χ1n) is 4.91. The molecule has 1 unspecified atom stereocenters. The second kappa shape index (κ2) is 5.07. The first kappa shape index (κ1) is 10.3. The van der Waals surface area contributed by atoms with Crippen LogP contribution in [0.25, 0.3) is 0 Å². The van der Waals surface area contributed by atoms with Crippen molar-refractivity contribution >= 4 is 6.09 Å². The van der Waals surface area contributed by atoms with Crippen molar-refractivity contribution in [3.63, 3.8) is 0 Å². The lowest BCUT2D eigenvalue weighted by Gasteiger charge is -2.33. The first-order chi connectivity index (χ1) is 6.27. The summed E-state index contributed by atoms with van der Waals surface area (Å²) >= 11 is 0. The molecular weight excluding hydrogens is 168 g/mol. The van der Waals surface area contributed by atoms with Crippen LogP contribution in [0, 0.1) is 5.92 Å². The minimum atomic E-state index is -0.343. The van der Waals surface area contributed by atoms with Crippen LogP contribution in [0.3, 0.4) is 0 Å². The minimum Gasteiger partial charge on any atom is -0.450 e. The Bertz CT molecular complexity index is 169. The fourth-order valence-corrected chi connectivity index (χ4v) is 1.54. The molecule has 0 aromatic rings. The predicted octanol–water partition coefficient (Wildman–Crippen LogP) is 0.860. The largest absolute Gasteiger partial charge is 0.450 e. The summed E-state index contributed by atoms with van der Waals surface area (Å²) in [7, 11) is 0. The Labute approximate surface area is 78.8 Å². The molecule has 0 heterocycles. The molecule has 1 saturated carbocycles. The van der Waals surface area contributed by atoms with Crippen molar-refractivity contribution < 1.29 is 9.53 Å². The van der Waals surface area contributed by atoms with Gasteiger partial charge in [-0.3, -0.25) is 0 Å². The van der Waals surface area contributed by atoms with Crippen LogP contribution in [0.2, 0.25) is 0 Å². The van der Waals surface area contributed by atoms with Gasteiger partial charge >= 0.3 is 6.09 Å². The Kier molecular flexibility index (Phi) is 4.02. The van der Waals surface area contributed by atoms with Crippen molar-refractivity contribution in [2.45, 2.75) is 32.2 Å². The third-order valence-electron chi connectivity index (χ3n) is 2.55. The lowest BCUT2D eigenvalue weighted by atomic mass is 9.80. The number of alkyl carbamates (subject to hydrolysis) is 1. The number of hydrogen-bond acceptors (Lipinski definition) is 3. The van der Waals surface area contributed by atoms with E-state index in [1.165, 1.54) is 19.3 Å². The molecule has 0 saturated heterocycles. The highest BCUT2D eigenvalue weighted by Crippen LogP contribution is 2.29. The molecule has 1 atom stereocenters. The first-order valence-corrected chi connectivity index (χ1v) is 4.91. The van der Waals surface area contributed by atoms with Crippen molar-refractivity contribution in [1.29, 1.82) is 0 Å². The number of carbonyl (C=O) groups is 1. The van der Waals surface area contributed by atoms with Crippen LogP contribution in [0.5, 0.6) is 0 Å². The van der Waals surface area contributed by atoms with E-state index in [-0.39, 0.29) is 12.1 Å². The summed E-state index contributed by atoms with van der Waals surface area (Å²) in [5.41, 5.74) is 5.56. The summed E-state index contributed by atoms with van der Waals surface area (Å²) < 4.78 is 4.79. The summed E-state index contributed by atoms with van der Waals surface area (Å²) in [5.74, 6) is 0.564. The maximum absolute atomic E-state index is 11.1. The molecule has 4 heteroatoms. The van der Waals surface area contributed by atoms with Crippen LogP contribution in [0.1, 0.15) is 26.2 Å². The Morgan fingerprint density at radius 2 is 2.38 bits per heavy atom. The standard InChI is InChI=1S/C9H18N2O2/c1-2-13-9(12)11-8(6-10)7-4-3-5-7/h7-8H,2-6,10H2,1H3,(H,11,12). The van der Waals surface area contributed by atoms with Gasteiger partial charge < -0.3 is 15.8 Å². The molecule has 1 aliphatic carbocycles. The van der Waals surface area contributed by atoms with Gasteiger partial charge in [-0.1, -0.05) is 6.42 Å². The fraction of sp³-hybridized carbons (Fsp3) is 0.889. The van der Waals surface area contributed by atoms with Gasteiger partial charge in [0, 0.05) is 12.6 Å². The molecule has 0 radical (unpaired) electrons. The molecule has 0 bridgehead atoms. The average Bonchev–Trinajstić information content (AvgIpc) is 2.00. The molecule has 0 spiro atoms. The molecule has 0 aliphatic heterocycles. The van der Waals surface area contributed by atoms with Crippen LogP contribution in [-0.2, 0) is 4.74 Å². The predicted molar refractivity (Wildman–Crippen MR) is 50.3 cm³/mol. The van der Waals surface area contributed by atoms with E-state index in [9.17, 15) is 4.79 Å². The van der Waals surface area contributed by atoms with E-state index < -0.39 is 0 Å². The van der Waals surface area contributed by atoms with Crippen LogP contribution in [-0.4, -0.2) is 25.3 Å². The maximum Gasteiger partial charge on any atom is 0.407 e. The smallest absolute Gasteiger partial charge is 0.407 e. The number of nitrogens with two attached hydrogens (primary N) is 1. The van der Waals surface area contributed by atoms with Gasteiger partial charge in [-0.15, -0.1) is 0 Å². The van der Waals surface area contributed by atoms with Gasteiger partial charge in [-0.2, -0.15) is 0 Å². The molecular formula is C9H18N2O2. The van der Waals surface area contributed by atoms with Crippen LogP contribution in [0.15, 0.2) is 0 Å².